The molecule has 1 amide bonds. The minimum atomic E-state index is -0.860. The molecule has 2 atom stereocenters. The Kier molecular flexibility index (Phi) is 50.6. The van der Waals surface area contributed by atoms with Gasteiger partial charge in [-0.05, 0) is 64.2 Å². The van der Waals surface area contributed by atoms with Crippen molar-refractivity contribution in [3.8, 4) is 0 Å². The first-order chi connectivity index (χ1) is 30.5. The third-order valence-electron chi connectivity index (χ3n) is 12.7. The highest BCUT2D eigenvalue weighted by atomic mass is 16.5. The highest BCUT2D eigenvalue weighted by Crippen LogP contribution is 2.16. The summed E-state index contributed by atoms with van der Waals surface area (Å²) in [6, 6.07) is -0.646. The Morgan fingerprint density at radius 3 is 1.15 bits per heavy atom. The molecule has 0 radical (unpaired) electrons. The number of carbonyl (C=O) groups is 2. The van der Waals surface area contributed by atoms with Crippen molar-refractivity contribution >= 4 is 11.9 Å². The van der Waals surface area contributed by atoms with Crippen molar-refractivity contribution in [3.63, 3.8) is 0 Å². The van der Waals surface area contributed by atoms with Crippen molar-refractivity contribution in [3.05, 3.63) is 24.3 Å². The number of hydrogen-bond donors (Lipinski definition) is 3. The van der Waals surface area contributed by atoms with Crippen LogP contribution < -0.4 is 5.32 Å². The molecule has 0 heterocycles. The number of esters is 1. The third-order valence-corrected chi connectivity index (χ3v) is 12.7. The molecule has 0 aromatic heterocycles. The number of amides is 1. The van der Waals surface area contributed by atoms with Crippen LogP contribution in [-0.4, -0.2) is 47.4 Å². The smallest absolute Gasteiger partial charge is 0.305 e. The normalized spacial score (nSPS) is 12.8. The van der Waals surface area contributed by atoms with Crippen LogP contribution in [0.2, 0.25) is 0 Å². The Hall–Kier alpha value is -1.66. The number of allylic oxidation sites excluding steroid dienone is 3. The predicted octanol–water partition coefficient (Wildman–Crippen LogP) is 16.7. The minimum Gasteiger partial charge on any atom is -0.466 e. The molecule has 0 aliphatic carbocycles. The zero-order valence-electron chi connectivity index (χ0n) is 41.6. The molecule has 0 aliphatic heterocycles. The van der Waals surface area contributed by atoms with Gasteiger partial charge < -0.3 is 20.3 Å². The molecule has 366 valence electrons. The predicted molar refractivity (Wildman–Crippen MR) is 269 cm³/mol. The van der Waals surface area contributed by atoms with Crippen LogP contribution in [-0.2, 0) is 14.3 Å². The first-order valence-electron chi connectivity index (χ1n) is 27.6. The highest BCUT2D eigenvalue weighted by Gasteiger charge is 2.18. The number of rotatable bonds is 51. The summed E-state index contributed by atoms with van der Waals surface area (Å²) >= 11 is 0. The Balaban J connectivity index is 3.53. The fraction of sp³-hybridized carbons (Fsp3) is 0.893. The van der Waals surface area contributed by atoms with Crippen LogP contribution in [0.3, 0.4) is 0 Å². The molecule has 62 heavy (non-hydrogen) atoms. The van der Waals surface area contributed by atoms with E-state index in [0.717, 1.165) is 77.0 Å². The van der Waals surface area contributed by atoms with Gasteiger partial charge in [-0.3, -0.25) is 9.59 Å². The molecule has 2 unspecified atom stereocenters. The van der Waals surface area contributed by atoms with E-state index in [-0.39, 0.29) is 18.5 Å². The lowest BCUT2D eigenvalue weighted by Gasteiger charge is -2.20. The number of carbonyl (C=O) groups excluding carboxylic acids is 2. The summed E-state index contributed by atoms with van der Waals surface area (Å²) < 4.78 is 5.45. The Morgan fingerprint density at radius 1 is 0.435 bits per heavy atom. The van der Waals surface area contributed by atoms with E-state index in [4.69, 9.17) is 4.74 Å². The van der Waals surface area contributed by atoms with Crippen LogP contribution >= 0.6 is 0 Å². The van der Waals surface area contributed by atoms with E-state index in [0.29, 0.717) is 19.4 Å². The Bertz CT molecular complexity index is 966. The van der Waals surface area contributed by atoms with Gasteiger partial charge in [0.2, 0.25) is 5.91 Å². The number of aliphatic hydroxyl groups is 2. The fourth-order valence-electron chi connectivity index (χ4n) is 8.45. The van der Waals surface area contributed by atoms with E-state index in [1.54, 1.807) is 6.08 Å². The first kappa shape index (κ1) is 60.3. The maximum absolute atomic E-state index is 12.5. The van der Waals surface area contributed by atoms with Crippen molar-refractivity contribution < 1.29 is 24.5 Å². The van der Waals surface area contributed by atoms with Gasteiger partial charge in [-0.1, -0.05) is 244 Å². The van der Waals surface area contributed by atoms with E-state index < -0.39 is 12.1 Å². The zero-order valence-corrected chi connectivity index (χ0v) is 41.6. The summed E-state index contributed by atoms with van der Waals surface area (Å²) in [6.45, 7) is 4.86. The van der Waals surface area contributed by atoms with Crippen LogP contribution in [0, 0.1) is 0 Å². The van der Waals surface area contributed by atoms with Crippen LogP contribution in [0.1, 0.15) is 296 Å². The summed E-state index contributed by atoms with van der Waals surface area (Å²) in [5.41, 5.74) is 0. The molecular weight excluding hydrogens is 767 g/mol. The molecule has 6 heteroatoms. The van der Waals surface area contributed by atoms with Gasteiger partial charge in [0.05, 0.1) is 25.4 Å². The molecule has 3 N–H and O–H groups in total. The molecule has 0 saturated carbocycles. The first-order valence-corrected chi connectivity index (χ1v) is 27.6. The summed E-state index contributed by atoms with van der Waals surface area (Å²) in [5.74, 6) is -0.114. The van der Waals surface area contributed by atoms with Crippen molar-refractivity contribution in [1.29, 1.82) is 0 Å². The van der Waals surface area contributed by atoms with Crippen molar-refractivity contribution in [2.75, 3.05) is 13.2 Å². The van der Waals surface area contributed by atoms with E-state index in [2.05, 4.69) is 31.3 Å². The third kappa shape index (κ3) is 47.8. The second kappa shape index (κ2) is 52.0. The zero-order chi connectivity index (χ0) is 45.1. The van der Waals surface area contributed by atoms with Gasteiger partial charge in [-0.25, -0.2) is 0 Å². The molecule has 0 rings (SSSR count). The maximum atomic E-state index is 12.5. The van der Waals surface area contributed by atoms with Gasteiger partial charge in [0.15, 0.2) is 0 Å². The fourth-order valence-corrected chi connectivity index (χ4v) is 8.45. The molecule has 0 aliphatic rings. The van der Waals surface area contributed by atoms with E-state index >= 15 is 0 Å². The molecular formula is C56H107NO5. The quantitative estimate of drug-likeness (QED) is 0.0321. The van der Waals surface area contributed by atoms with E-state index in [1.165, 1.54) is 193 Å². The van der Waals surface area contributed by atoms with Gasteiger partial charge in [-0.2, -0.15) is 0 Å². The van der Waals surface area contributed by atoms with Crippen LogP contribution in [0.15, 0.2) is 24.3 Å². The molecule has 0 aromatic rings. The summed E-state index contributed by atoms with van der Waals surface area (Å²) in [4.78, 5) is 24.5. The number of unbranched alkanes of at least 4 members (excludes halogenated alkanes) is 38. The Morgan fingerprint density at radius 2 is 0.758 bits per heavy atom. The summed E-state index contributed by atoms with van der Waals surface area (Å²) in [5, 5.41) is 23.1. The highest BCUT2D eigenvalue weighted by molar-refractivity contribution is 5.76. The standard InChI is InChI=1S/C56H107NO5/c1-3-5-7-9-11-13-15-17-19-20-21-22-23-24-28-32-36-40-44-48-54(59)53(52-58)57-55(60)49-45-41-37-33-29-26-27-31-35-39-43-47-51-62-56(61)50-46-42-38-34-30-25-18-16-14-12-10-8-6-4-2/h27,31,44,48,53-54,58-59H,3-26,28-30,32-43,45-47,49-52H2,1-2H3,(H,57,60)/b31-27-,48-44+. The maximum Gasteiger partial charge on any atom is 0.305 e. The van der Waals surface area contributed by atoms with Crippen molar-refractivity contribution in [2.45, 2.75) is 309 Å². The lowest BCUT2D eigenvalue weighted by atomic mass is 10.0. The molecule has 6 nitrogen and oxygen atoms in total. The average Bonchev–Trinajstić information content (AvgIpc) is 3.27. The lowest BCUT2D eigenvalue weighted by molar-refractivity contribution is -0.143. The number of nitrogens with one attached hydrogen (secondary N) is 1. The molecule has 0 aromatic carbocycles. The molecule has 0 bridgehead atoms. The summed E-state index contributed by atoms with van der Waals surface area (Å²) in [7, 11) is 0. The largest absolute Gasteiger partial charge is 0.466 e. The monoisotopic (exact) mass is 874 g/mol. The topological polar surface area (TPSA) is 95.9 Å². The minimum absolute atomic E-state index is 0.0219. The SMILES string of the molecule is CCCCCCCCCCCCCCCCCCC/C=C/C(O)C(CO)NC(=O)CCCCCCC/C=C\CCCCCOC(=O)CCCCCCCCCCCCCCCC. The molecule has 0 saturated heterocycles. The Labute approximate surface area is 386 Å². The van der Waals surface area contributed by atoms with Crippen molar-refractivity contribution in [2.24, 2.45) is 0 Å². The van der Waals surface area contributed by atoms with Gasteiger partial charge in [0.25, 0.3) is 0 Å². The molecule has 0 spiro atoms. The summed E-state index contributed by atoms with van der Waals surface area (Å²) in [6.07, 6.45) is 61.9. The van der Waals surface area contributed by atoms with Gasteiger partial charge in [0, 0.05) is 12.8 Å². The van der Waals surface area contributed by atoms with Crippen LogP contribution in [0.25, 0.3) is 0 Å². The average molecular weight is 874 g/mol. The number of ether oxygens (including phenoxy) is 1. The van der Waals surface area contributed by atoms with Crippen LogP contribution in [0.4, 0.5) is 0 Å². The van der Waals surface area contributed by atoms with Gasteiger partial charge >= 0.3 is 5.97 Å². The number of aliphatic hydroxyl groups excluding tert-OH is 2. The van der Waals surface area contributed by atoms with E-state index in [1.807, 2.05) is 6.08 Å². The van der Waals surface area contributed by atoms with Crippen molar-refractivity contribution in [1.82, 2.24) is 5.32 Å². The molecule has 0 fully saturated rings. The second-order valence-corrected chi connectivity index (χ2v) is 18.9. The second-order valence-electron chi connectivity index (χ2n) is 18.9. The van der Waals surface area contributed by atoms with Gasteiger partial charge in [0.1, 0.15) is 0 Å². The van der Waals surface area contributed by atoms with Gasteiger partial charge in [-0.15, -0.1) is 0 Å². The van der Waals surface area contributed by atoms with E-state index in [9.17, 15) is 19.8 Å². The number of hydrogen-bond acceptors (Lipinski definition) is 5. The lowest BCUT2D eigenvalue weighted by Crippen LogP contribution is -2.45. The van der Waals surface area contributed by atoms with Crippen LogP contribution in [0.5, 0.6) is 0 Å².